The number of rotatable bonds is 2. The Labute approximate surface area is 118 Å². The van der Waals surface area contributed by atoms with Crippen LogP contribution in [0.5, 0.6) is 5.75 Å². The fourth-order valence-electron chi connectivity index (χ4n) is 2.42. The Kier molecular flexibility index (Phi) is 3.03. The summed E-state index contributed by atoms with van der Waals surface area (Å²) in [5.74, 6) is 0.226. The van der Waals surface area contributed by atoms with Crippen molar-refractivity contribution in [1.29, 1.82) is 0 Å². The maximum Gasteiger partial charge on any atom is 0.169 e. The summed E-state index contributed by atoms with van der Waals surface area (Å²) in [7, 11) is 1.85. The molecular weight excluding hydrogens is 248 g/mol. The minimum Gasteiger partial charge on any atom is -0.504 e. The van der Waals surface area contributed by atoms with Gasteiger partial charge in [-0.3, -0.25) is 4.68 Å². The lowest BCUT2D eigenvalue weighted by Gasteiger charge is -2.04. The molecule has 0 spiro atoms. The van der Waals surface area contributed by atoms with E-state index < -0.39 is 0 Å². The zero-order chi connectivity index (χ0) is 14.1. The van der Waals surface area contributed by atoms with Gasteiger partial charge in [-0.05, 0) is 13.0 Å². The van der Waals surface area contributed by atoms with Crippen LogP contribution in [0.3, 0.4) is 0 Å². The molecule has 0 saturated heterocycles. The zero-order valence-corrected chi connectivity index (χ0v) is 11.5. The number of aromatic nitrogens is 2. The first-order valence-corrected chi connectivity index (χ1v) is 6.55. The molecule has 1 N–H and O–H groups in total. The Morgan fingerprint density at radius 3 is 2.35 bits per heavy atom. The van der Waals surface area contributed by atoms with Gasteiger partial charge in [0.2, 0.25) is 0 Å². The minimum absolute atomic E-state index is 0.226. The number of nitrogens with zero attached hydrogens (tertiary/aromatic N) is 2. The lowest BCUT2D eigenvalue weighted by Crippen LogP contribution is -1.94. The van der Waals surface area contributed by atoms with Gasteiger partial charge in [-0.1, -0.05) is 54.1 Å². The fourth-order valence-corrected chi connectivity index (χ4v) is 2.42. The van der Waals surface area contributed by atoms with E-state index in [1.807, 2.05) is 68.6 Å². The van der Waals surface area contributed by atoms with Gasteiger partial charge in [-0.25, -0.2) is 0 Å². The highest BCUT2D eigenvalue weighted by molar-refractivity contribution is 5.78. The second-order valence-electron chi connectivity index (χ2n) is 4.90. The highest BCUT2D eigenvalue weighted by atomic mass is 16.3. The first-order valence-electron chi connectivity index (χ1n) is 6.55. The molecule has 0 atom stereocenters. The van der Waals surface area contributed by atoms with E-state index in [0.29, 0.717) is 5.69 Å². The van der Waals surface area contributed by atoms with Crippen molar-refractivity contribution in [2.24, 2.45) is 7.05 Å². The van der Waals surface area contributed by atoms with Crippen molar-refractivity contribution in [2.45, 2.75) is 6.92 Å². The molecule has 3 heteroatoms. The number of benzene rings is 2. The summed E-state index contributed by atoms with van der Waals surface area (Å²) in [4.78, 5) is 0. The molecule has 2 aromatic carbocycles. The van der Waals surface area contributed by atoms with Crippen molar-refractivity contribution in [3.8, 4) is 28.3 Å². The van der Waals surface area contributed by atoms with Crippen molar-refractivity contribution in [2.75, 3.05) is 0 Å². The molecule has 0 unspecified atom stereocenters. The monoisotopic (exact) mass is 264 g/mol. The van der Waals surface area contributed by atoms with Gasteiger partial charge in [0.15, 0.2) is 5.75 Å². The van der Waals surface area contributed by atoms with E-state index in [9.17, 15) is 5.11 Å². The molecule has 1 aromatic heterocycles. The first-order chi connectivity index (χ1) is 9.66. The van der Waals surface area contributed by atoms with E-state index in [2.05, 4.69) is 5.10 Å². The summed E-state index contributed by atoms with van der Waals surface area (Å²) in [6, 6.07) is 17.8. The SMILES string of the molecule is Cc1cccc(-c2c(O)c(-c3ccccc3)nn2C)c1. The third-order valence-corrected chi connectivity index (χ3v) is 3.36. The summed E-state index contributed by atoms with van der Waals surface area (Å²) in [6.07, 6.45) is 0. The van der Waals surface area contributed by atoms with E-state index in [-0.39, 0.29) is 5.75 Å². The molecule has 1 heterocycles. The van der Waals surface area contributed by atoms with Crippen LogP contribution in [0.4, 0.5) is 0 Å². The van der Waals surface area contributed by atoms with Crippen LogP contribution in [0, 0.1) is 6.92 Å². The van der Waals surface area contributed by atoms with Crippen LogP contribution in [-0.4, -0.2) is 14.9 Å². The third kappa shape index (κ3) is 2.07. The van der Waals surface area contributed by atoms with Crippen molar-refractivity contribution < 1.29 is 5.11 Å². The number of hydrogen-bond acceptors (Lipinski definition) is 2. The van der Waals surface area contributed by atoms with Crippen molar-refractivity contribution in [3.63, 3.8) is 0 Å². The smallest absolute Gasteiger partial charge is 0.169 e. The van der Waals surface area contributed by atoms with Crippen LogP contribution < -0.4 is 0 Å². The molecule has 0 bridgehead atoms. The summed E-state index contributed by atoms with van der Waals surface area (Å²) in [6.45, 7) is 2.04. The Hall–Kier alpha value is -2.55. The largest absolute Gasteiger partial charge is 0.504 e. The van der Waals surface area contributed by atoms with Crippen molar-refractivity contribution in [3.05, 3.63) is 60.2 Å². The lowest BCUT2D eigenvalue weighted by molar-refractivity contribution is 0.478. The first kappa shape index (κ1) is 12.5. The zero-order valence-electron chi connectivity index (χ0n) is 11.5. The summed E-state index contributed by atoms with van der Waals surface area (Å²) in [5, 5.41) is 15.0. The van der Waals surface area contributed by atoms with Gasteiger partial charge in [-0.2, -0.15) is 5.10 Å². The van der Waals surface area contributed by atoms with E-state index in [4.69, 9.17) is 0 Å². The maximum absolute atomic E-state index is 10.5. The molecule has 3 nitrogen and oxygen atoms in total. The summed E-state index contributed by atoms with van der Waals surface area (Å²) >= 11 is 0. The predicted octanol–water partition coefficient (Wildman–Crippen LogP) is 3.77. The highest BCUT2D eigenvalue weighted by Gasteiger charge is 2.17. The standard InChI is InChI=1S/C17H16N2O/c1-12-7-6-10-14(11-12)16-17(20)15(18-19(16)2)13-8-4-3-5-9-13/h3-11,20H,1-2H3. The van der Waals surface area contributed by atoms with Crippen molar-refractivity contribution in [1.82, 2.24) is 9.78 Å². The van der Waals surface area contributed by atoms with Crippen LogP contribution in [0.2, 0.25) is 0 Å². The van der Waals surface area contributed by atoms with Gasteiger partial charge >= 0.3 is 0 Å². The van der Waals surface area contributed by atoms with Crippen LogP contribution in [0.1, 0.15) is 5.56 Å². The van der Waals surface area contributed by atoms with Gasteiger partial charge in [0.25, 0.3) is 0 Å². The molecule has 0 fully saturated rings. The Morgan fingerprint density at radius 1 is 0.950 bits per heavy atom. The lowest BCUT2D eigenvalue weighted by atomic mass is 10.1. The second kappa shape index (κ2) is 4.85. The van der Waals surface area contributed by atoms with Gasteiger partial charge in [-0.15, -0.1) is 0 Å². The van der Waals surface area contributed by atoms with Gasteiger partial charge < -0.3 is 5.11 Å². The van der Waals surface area contributed by atoms with E-state index in [1.165, 1.54) is 0 Å². The predicted molar refractivity (Wildman–Crippen MR) is 80.5 cm³/mol. The number of aryl methyl sites for hydroxylation is 2. The molecular formula is C17H16N2O. The number of hydrogen-bond donors (Lipinski definition) is 1. The molecule has 3 rings (SSSR count). The molecule has 0 aliphatic carbocycles. The molecule has 3 aromatic rings. The van der Waals surface area contributed by atoms with Gasteiger partial charge in [0, 0.05) is 18.2 Å². The molecule has 100 valence electrons. The van der Waals surface area contributed by atoms with Gasteiger partial charge in [0.1, 0.15) is 11.4 Å². The maximum atomic E-state index is 10.5. The average molecular weight is 264 g/mol. The molecule has 20 heavy (non-hydrogen) atoms. The quantitative estimate of drug-likeness (QED) is 0.765. The van der Waals surface area contributed by atoms with Crippen LogP contribution in [0.25, 0.3) is 22.5 Å². The van der Waals surface area contributed by atoms with Gasteiger partial charge in [0.05, 0.1) is 0 Å². The Balaban J connectivity index is 2.17. The fraction of sp³-hybridized carbons (Fsp3) is 0.118. The average Bonchev–Trinajstić information content (AvgIpc) is 2.75. The minimum atomic E-state index is 0.226. The van der Waals surface area contributed by atoms with Crippen molar-refractivity contribution >= 4 is 0 Å². The Morgan fingerprint density at radius 2 is 1.65 bits per heavy atom. The van der Waals surface area contributed by atoms with Crippen LogP contribution in [-0.2, 0) is 7.05 Å². The molecule has 0 amide bonds. The van der Waals surface area contributed by atoms with Crippen LogP contribution >= 0.6 is 0 Å². The number of aromatic hydroxyl groups is 1. The van der Waals surface area contributed by atoms with E-state index in [1.54, 1.807) is 4.68 Å². The molecule has 0 aliphatic heterocycles. The van der Waals surface area contributed by atoms with E-state index >= 15 is 0 Å². The molecule has 0 radical (unpaired) electrons. The van der Waals surface area contributed by atoms with Crippen LogP contribution in [0.15, 0.2) is 54.6 Å². The molecule has 0 saturated carbocycles. The second-order valence-corrected chi connectivity index (χ2v) is 4.90. The Bertz CT molecular complexity index is 745. The normalized spacial score (nSPS) is 10.7. The van der Waals surface area contributed by atoms with E-state index in [0.717, 1.165) is 22.4 Å². The highest BCUT2D eigenvalue weighted by Crippen LogP contribution is 2.37. The summed E-state index contributed by atoms with van der Waals surface area (Å²) in [5.41, 5.74) is 4.40. The topological polar surface area (TPSA) is 38.1 Å². The summed E-state index contributed by atoms with van der Waals surface area (Å²) < 4.78 is 1.73. The molecule has 0 aliphatic rings. The third-order valence-electron chi connectivity index (χ3n) is 3.36.